The van der Waals surface area contributed by atoms with E-state index in [1.807, 2.05) is 53.1 Å². The molecule has 3 aromatic rings. The number of aromatic nitrogens is 4. The normalized spacial score (nSPS) is 14.3. The predicted molar refractivity (Wildman–Crippen MR) is 96.2 cm³/mol. The molecule has 1 fully saturated rings. The van der Waals surface area contributed by atoms with E-state index in [0.717, 1.165) is 23.7 Å². The van der Waals surface area contributed by atoms with Crippen LogP contribution in [0.1, 0.15) is 29.8 Å². The highest BCUT2D eigenvalue weighted by molar-refractivity contribution is 6.03. The van der Waals surface area contributed by atoms with E-state index in [1.165, 1.54) is 19.3 Å². The Hall–Kier alpha value is -2.89. The Morgan fingerprint density at radius 1 is 1.28 bits per heavy atom. The summed E-state index contributed by atoms with van der Waals surface area (Å²) in [6, 6.07) is 7.46. The molecule has 0 atom stereocenters. The zero-order valence-electron chi connectivity index (χ0n) is 14.2. The van der Waals surface area contributed by atoms with Gasteiger partial charge in [0.15, 0.2) is 0 Å². The molecule has 1 N–H and O–H groups in total. The first-order valence-corrected chi connectivity index (χ1v) is 8.60. The quantitative estimate of drug-likeness (QED) is 0.778. The Bertz CT molecular complexity index is 891. The molecule has 4 rings (SSSR count). The van der Waals surface area contributed by atoms with Crippen LogP contribution < -0.4 is 5.32 Å². The Labute approximate surface area is 146 Å². The molecule has 1 amide bonds. The molecule has 25 heavy (non-hydrogen) atoms. The van der Waals surface area contributed by atoms with Gasteiger partial charge in [0.2, 0.25) is 0 Å². The third kappa shape index (κ3) is 3.47. The molecule has 1 aliphatic carbocycles. The highest BCUT2D eigenvalue weighted by atomic mass is 16.1. The summed E-state index contributed by atoms with van der Waals surface area (Å²) in [6.07, 6.45) is 11.4. The summed E-state index contributed by atoms with van der Waals surface area (Å²) in [5, 5.41) is 7.21. The van der Waals surface area contributed by atoms with Gasteiger partial charge in [0.25, 0.3) is 5.91 Å². The number of aryl methyl sites for hydroxylation is 1. The van der Waals surface area contributed by atoms with E-state index in [2.05, 4.69) is 15.4 Å². The van der Waals surface area contributed by atoms with Gasteiger partial charge in [-0.25, -0.2) is 4.98 Å². The molecule has 0 bridgehead atoms. The molecule has 128 valence electrons. The number of hydrogen-bond acceptors (Lipinski definition) is 3. The molecule has 0 aromatic carbocycles. The summed E-state index contributed by atoms with van der Waals surface area (Å²) >= 11 is 0. The topological polar surface area (TPSA) is 64.7 Å². The molecule has 0 saturated heterocycles. The number of anilines is 1. The van der Waals surface area contributed by atoms with Gasteiger partial charge in [0.1, 0.15) is 5.69 Å². The number of nitrogens with one attached hydrogen (secondary N) is 1. The maximum absolute atomic E-state index is 12.5. The third-order valence-corrected chi connectivity index (χ3v) is 4.67. The van der Waals surface area contributed by atoms with Gasteiger partial charge in [-0.1, -0.05) is 12.5 Å². The molecule has 6 heteroatoms. The number of amides is 1. The first kappa shape index (κ1) is 15.6. The van der Waals surface area contributed by atoms with Crippen molar-refractivity contribution in [1.29, 1.82) is 0 Å². The van der Waals surface area contributed by atoms with Crippen LogP contribution in [0.3, 0.4) is 0 Å². The average Bonchev–Trinajstić information content (AvgIpc) is 3.20. The van der Waals surface area contributed by atoms with Crippen molar-refractivity contribution < 1.29 is 4.79 Å². The highest BCUT2D eigenvalue weighted by Crippen LogP contribution is 2.27. The lowest BCUT2D eigenvalue weighted by atomic mass is 9.85. The Morgan fingerprint density at radius 2 is 2.16 bits per heavy atom. The largest absolute Gasteiger partial charge is 0.357 e. The Balaban J connectivity index is 1.45. The van der Waals surface area contributed by atoms with Crippen LogP contribution in [-0.2, 0) is 13.6 Å². The smallest absolute Gasteiger partial charge is 0.274 e. The van der Waals surface area contributed by atoms with Crippen molar-refractivity contribution in [1.82, 2.24) is 19.3 Å². The maximum atomic E-state index is 12.5. The van der Waals surface area contributed by atoms with Crippen molar-refractivity contribution in [2.75, 3.05) is 5.32 Å². The van der Waals surface area contributed by atoms with Gasteiger partial charge in [-0.15, -0.1) is 0 Å². The van der Waals surface area contributed by atoms with Gasteiger partial charge in [-0.2, -0.15) is 5.10 Å². The number of hydrogen-bond donors (Lipinski definition) is 1. The molecule has 6 nitrogen and oxygen atoms in total. The molecule has 1 saturated carbocycles. The lowest BCUT2D eigenvalue weighted by molar-refractivity contribution is 0.102. The second kappa shape index (κ2) is 6.55. The number of nitrogens with zero attached hydrogens (tertiary/aromatic N) is 4. The van der Waals surface area contributed by atoms with Gasteiger partial charge in [-0.3, -0.25) is 9.48 Å². The van der Waals surface area contributed by atoms with Crippen LogP contribution in [0.4, 0.5) is 5.69 Å². The first-order valence-electron chi connectivity index (χ1n) is 8.60. The number of carbonyl (C=O) groups is 1. The molecule has 0 radical (unpaired) electrons. The van der Waals surface area contributed by atoms with E-state index in [9.17, 15) is 4.79 Å². The van der Waals surface area contributed by atoms with Crippen LogP contribution in [-0.4, -0.2) is 25.2 Å². The van der Waals surface area contributed by atoms with Crippen LogP contribution in [0.5, 0.6) is 0 Å². The van der Waals surface area contributed by atoms with E-state index < -0.39 is 0 Å². The Kier molecular flexibility index (Phi) is 4.09. The second-order valence-electron chi connectivity index (χ2n) is 6.68. The molecule has 0 unspecified atom stereocenters. The fourth-order valence-electron chi connectivity index (χ4n) is 3.04. The maximum Gasteiger partial charge on any atom is 0.274 e. The summed E-state index contributed by atoms with van der Waals surface area (Å²) in [7, 11) is 1.96. The summed E-state index contributed by atoms with van der Waals surface area (Å²) in [5.41, 5.74) is 2.88. The fraction of sp³-hybridized carbons (Fsp3) is 0.316. The average molecular weight is 335 g/mol. The Morgan fingerprint density at radius 3 is 2.88 bits per heavy atom. The van der Waals surface area contributed by atoms with Crippen molar-refractivity contribution >= 4 is 11.6 Å². The zero-order valence-corrected chi connectivity index (χ0v) is 14.2. The van der Waals surface area contributed by atoms with Gasteiger partial charge < -0.3 is 9.88 Å². The van der Waals surface area contributed by atoms with Gasteiger partial charge in [0, 0.05) is 37.7 Å². The second-order valence-corrected chi connectivity index (χ2v) is 6.68. The predicted octanol–water partition coefficient (Wildman–Crippen LogP) is 3.34. The number of carbonyl (C=O) groups excluding carboxylic acids is 1. The summed E-state index contributed by atoms with van der Waals surface area (Å²) < 4.78 is 3.87. The van der Waals surface area contributed by atoms with Crippen LogP contribution in [0.15, 0.2) is 49.1 Å². The minimum atomic E-state index is -0.221. The minimum Gasteiger partial charge on any atom is -0.357 e. The third-order valence-electron chi connectivity index (χ3n) is 4.67. The number of rotatable bonds is 5. The molecular formula is C19H21N5O. The van der Waals surface area contributed by atoms with Crippen LogP contribution in [0, 0.1) is 5.92 Å². The van der Waals surface area contributed by atoms with E-state index in [1.54, 1.807) is 12.3 Å². The first-order chi connectivity index (χ1) is 12.2. The lowest BCUT2D eigenvalue weighted by Crippen LogP contribution is -2.18. The van der Waals surface area contributed by atoms with Crippen molar-refractivity contribution in [3.05, 3.63) is 54.7 Å². The fourth-order valence-corrected chi connectivity index (χ4v) is 3.04. The van der Waals surface area contributed by atoms with Crippen LogP contribution >= 0.6 is 0 Å². The lowest BCUT2D eigenvalue weighted by Gasteiger charge is -2.24. The van der Waals surface area contributed by atoms with Gasteiger partial charge in [-0.05, 0) is 37.0 Å². The highest BCUT2D eigenvalue weighted by Gasteiger charge is 2.18. The molecule has 0 aliphatic heterocycles. The molecule has 3 aromatic heterocycles. The summed E-state index contributed by atoms with van der Waals surface area (Å²) in [6.45, 7) is 0.928. The monoisotopic (exact) mass is 335 g/mol. The molecule has 0 spiro atoms. The summed E-state index contributed by atoms with van der Waals surface area (Å²) in [4.78, 5) is 17.0. The summed E-state index contributed by atoms with van der Waals surface area (Å²) in [5.74, 6) is 0.508. The minimum absolute atomic E-state index is 0.221. The molecular weight excluding hydrogens is 314 g/mol. The SMILES string of the molecule is Cn1ccc(-c2cccc(C(=O)Nc3cnn(CC4CCC4)c3)n2)c1. The van der Waals surface area contributed by atoms with E-state index in [-0.39, 0.29) is 5.91 Å². The van der Waals surface area contributed by atoms with E-state index in [4.69, 9.17) is 0 Å². The molecule has 1 aliphatic rings. The van der Waals surface area contributed by atoms with Crippen molar-refractivity contribution in [3.63, 3.8) is 0 Å². The zero-order chi connectivity index (χ0) is 17.2. The van der Waals surface area contributed by atoms with Crippen LogP contribution in [0.25, 0.3) is 11.3 Å². The van der Waals surface area contributed by atoms with Crippen molar-refractivity contribution in [3.8, 4) is 11.3 Å². The number of pyridine rings is 1. The van der Waals surface area contributed by atoms with Crippen LogP contribution in [0.2, 0.25) is 0 Å². The van der Waals surface area contributed by atoms with Gasteiger partial charge >= 0.3 is 0 Å². The van der Waals surface area contributed by atoms with Crippen molar-refractivity contribution in [2.24, 2.45) is 13.0 Å². The van der Waals surface area contributed by atoms with E-state index >= 15 is 0 Å². The van der Waals surface area contributed by atoms with E-state index in [0.29, 0.717) is 11.4 Å². The van der Waals surface area contributed by atoms with Gasteiger partial charge in [0.05, 0.1) is 17.6 Å². The molecule has 3 heterocycles. The van der Waals surface area contributed by atoms with Crippen molar-refractivity contribution in [2.45, 2.75) is 25.8 Å². The standard InChI is InChI=1S/C19H21N5O/c1-23-9-8-15(12-23)17-6-3-7-18(22-17)19(25)21-16-10-20-24(13-16)11-14-4-2-5-14/h3,6-10,12-14H,2,4-5,11H2,1H3,(H,21,25).